The lowest BCUT2D eigenvalue weighted by molar-refractivity contribution is 0.264. The average molecular weight is 322 g/mol. The molecule has 2 aliphatic rings. The lowest BCUT2D eigenvalue weighted by atomic mass is 9.98. The highest BCUT2D eigenvalue weighted by Crippen LogP contribution is 2.21. The molecule has 7 heteroatoms. The van der Waals surface area contributed by atoms with E-state index in [0.717, 1.165) is 50.3 Å². The maximum Gasteiger partial charge on any atom is 0.279 e. The van der Waals surface area contributed by atoms with Crippen LogP contribution in [0.25, 0.3) is 0 Å². The van der Waals surface area contributed by atoms with Gasteiger partial charge in [-0.05, 0) is 56.2 Å². The Hall–Kier alpha value is 0.180. The quantitative estimate of drug-likeness (QED) is 0.767. The smallest absolute Gasteiger partial charge is 0.279 e. The Morgan fingerprint density at radius 1 is 1.15 bits per heavy atom. The van der Waals surface area contributed by atoms with Crippen LogP contribution in [0.3, 0.4) is 0 Å². The van der Waals surface area contributed by atoms with Gasteiger partial charge in [0.1, 0.15) is 0 Å². The van der Waals surface area contributed by atoms with E-state index in [1.807, 2.05) is 11.8 Å². The molecule has 2 rings (SSSR count). The predicted molar refractivity (Wildman–Crippen MR) is 85.2 cm³/mol. The van der Waals surface area contributed by atoms with Crippen molar-refractivity contribution in [3.63, 3.8) is 0 Å². The summed E-state index contributed by atoms with van der Waals surface area (Å²) in [7, 11) is -3.27. The van der Waals surface area contributed by atoms with E-state index in [9.17, 15) is 8.42 Å². The Kier molecular flexibility index (Phi) is 6.61. The highest BCUT2D eigenvalue weighted by Gasteiger charge is 2.30. The van der Waals surface area contributed by atoms with E-state index in [1.54, 1.807) is 4.31 Å². The maximum atomic E-state index is 12.4. The third-order valence-corrected chi connectivity index (χ3v) is 6.86. The standard InChI is InChI=1S/C13H27N3O2S2/c1-2-14-11-12-3-7-16(8-4-12)20(17,18)15-13-5-9-19-10-6-13/h12-15H,2-11H2,1H3. The first kappa shape index (κ1) is 16.5. The van der Waals surface area contributed by atoms with Crippen LogP contribution in [0.1, 0.15) is 32.6 Å². The van der Waals surface area contributed by atoms with Crippen LogP contribution in [-0.2, 0) is 10.2 Å². The maximum absolute atomic E-state index is 12.4. The number of hydrogen-bond acceptors (Lipinski definition) is 4. The molecule has 0 saturated carbocycles. The van der Waals surface area contributed by atoms with Crippen LogP contribution in [0, 0.1) is 5.92 Å². The van der Waals surface area contributed by atoms with Gasteiger partial charge in [0.05, 0.1) is 0 Å². The number of thioether (sulfide) groups is 1. The minimum Gasteiger partial charge on any atom is -0.317 e. The van der Waals surface area contributed by atoms with Crippen molar-refractivity contribution >= 4 is 22.0 Å². The van der Waals surface area contributed by atoms with Gasteiger partial charge in [0.25, 0.3) is 10.2 Å². The number of rotatable bonds is 6. The SMILES string of the molecule is CCNCC1CCN(S(=O)(=O)NC2CCSCC2)CC1. The Balaban J connectivity index is 1.79. The van der Waals surface area contributed by atoms with E-state index < -0.39 is 10.2 Å². The Labute approximate surface area is 127 Å². The van der Waals surface area contributed by atoms with Crippen LogP contribution in [-0.4, -0.2) is 56.4 Å². The van der Waals surface area contributed by atoms with Crippen LogP contribution in [0.5, 0.6) is 0 Å². The molecule has 0 unspecified atom stereocenters. The van der Waals surface area contributed by atoms with Crippen molar-refractivity contribution in [3.05, 3.63) is 0 Å². The van der Waals surface area contributed by atoms with Gasteiger partial charge in [0.2, 0.25) is 0 Å². The molecule has 0 aromatic heterocycles. The summed E-state index contributed by atoms with van der Waals surface area (Å²) < 4.78 is 29.3. The molecule has 20 heavy (non-hydrogen) atoms. The zero-order valence-corrected chi connectivity index (χ0v) is 13.9. The average Bonchev–Trinajstić information content (AvgIpc) is 2.46. The van der Waals surface area contributed by atoms with Crippen LogP contribution in [0.4, 0.5) is 0 Å². The van der Waals surface area contributed by atoms with Crippen LogP contribution < -0.4 is 10.0 Å². The van der Waals surface area contributed by atoms with Gasteiger partial charge < -0.3 is 5.32 Å². The van der Waals surface area contributed by atoms with E-state index in [-0.39, 0.29) is 6.04 Å². The Morgan fingerprint density at radius 2 is 1.80 bits per heavy atom. The monoisotopic (exact) mass is 321 g/mol. The molecule has 5 nitrogen and oxygen atoms in total. The fourth-order valence-electron chi connectivity index (χ4n) is 2.80. The van der Waals surface area contributed by atoms with Gasteiger partial charge in [0, 0.05) is 19.1 Å². The zero-order valence-electron chi connectivity index (χ0n) is 12.3. The molecule has 0 aliphatic carbocycles. The Morgan fingerprint density at radius 3 is 2.40 bits per heavy atom. The number of nitrogens with zero attached hydrogens (tertiary/aromatic N) is 1. The molecule has 2 aliphatic heterocycles. The number of nitrogens with one attached hydrogen (secondary N) is 2. The van der Waals surface area contributed by atoms with E-state index in [4.69, 9.17) is 0 Å². The van der Waals surface area contributed by atoms with Crippen molar-refractivity contribution < 1.29 is 8.42 Å². The van der Waals surface area contributed by atoms with Crippen molar-refractivity contribution in [2.75, 3.05) is 37.7 Å². The van der Waals surface area contributed by atoms with Gasteiger partial charge in [-0.15, -0.1) is 0 Å². The molecule has 0 atom stereocenters. The minimum atomic E-state index is -3.27. The van der Waals surface area contributed by atoms with Crippen molar-refractivity contribution in [2.24, 2.45) is 5.92 Å². The van der Waals surface area contributed by atoms with Crippen LogP contribution in [0.15, 0.2) is 0 Å². The zero-order chi connectivity index (χ0) is 14.4. The fourth-order valence-corrected chi connectivity index (χ4v) is 5.41. The third kappa shape index (κ3) is 4.87. The van der Waals surface area contributed by atoms with Gasteiger partial charge >= 0.3 is 0 Å². The summed E-state index contributed by atoms with van der Waals surface area (Å²) in [6.07, 6.45) is 3.85. The fraction of sp³-hybridized carbons (Fsp3) is 1.00. The molecular formula is C13H27N3O2S2. The summed E-state index contributed by atoms with van der Waals surface area (Å²) in [6, 6.07) is 0.140. The van der Waals surface area contributed by atoms with E-state index in [1.165, 1.54) is 0 Å². The van der Waals surface area contributed by atoms with Gasteiger partial charge in [-0.25, -0.2) is 0 Å². The van der Waals surface area contributed by atoms with Crippen LogP contribution >= 0.6 is 11.8 Å². The Bertz CT molecular complexity index is 375. The van der Waals surface area contributed by atoms with Crippen molar-refractivity contribution in [1.29, 1.82) is 0 Å². The van der Waals surface area contributed by atoms with Crippen LogP contribution in [0.2, 0.25) is 0 Å². The van der Waals surface area contributed by atoms with Crippen molar-refractivity contribution in [1.82, 2.24) is 14.3 Å². The molecule has 0 spiro atoms. The highest BCUT2D eigenvalue weighted by atomic mass is 32.2. The number of piperidine rings is 1. The first-order valence-electron chi connectivity index (χ1n) is 7.67. The molecule has 2 heterocycles. The largest absolute Gasteiger partial charge is 0.317 e. The van der Waals surface area contributed by atoms with Crippen molar-refractivity contribution in [3.8, 4) is 0 Å². The second-order valence-corrected chi connectivity index (χ2v) is 8.59. The molecule has 0 aromatic carbocycles. The summed E-state index contributed by atoms with van der Waals surface area (Å²) in [5.74, 6) is 2.75. The summed E-state index contributed by atoms with van der Waals surface area (Å²) in [4.78, 5) is 0. The normalized spacial score (nSPS) is 24.1. The first-order chi connectivity index (χ1) is 9.62. The molecular weight excluding hydrogens is 294 g/mol. The highest BCUT2D eigenvalue weighted by molar-refractivity contribution is 7.99. The van der Waals surface area contributed by atoms with Gasteiger partial charge in [-0.2, -0.15) is 29.2 Å². The summed E-state index contributed by atoms with van der Waals surface area (Å²) in [5, 5.41) is 3.35. The van der Waals surface area contributed by atoms with Crippen molar-refractivity contribution in [2.45, 2.75) is 38.6 Å². The van der Waals surface area contributed by atoms with Gasteiger partial charge in [0.15, 0.2) is 0 Å². The minimum absolute atomic E-state index is 0.140. The lowest BCUT2D eigenvalue weighted by Crippen LogP contribution is -2.49. The number of hydrogen-bond donors (Lipinski definition) is 2. The molecule has 2 saturated heterocycles. The molecule has 0 amide bonds. The molecule has 2 N–H and O–H groups in total. The summed E-state index contributed by atoms with van der Waals surface area (Å²) in [5.41, 5.74) is 0. The molecule has 2 fully saturated rings. The summed E-state index contributed by atoms with van der Waals surface area (Å²) >= 11 is 1.91. The van der Waals surface area contributed by atoms with E-state index >= 15 is 0 Å². The molecule has 0 aromatic rings. The topological polar surface area (TPSA) is 61.4 Å². The molecule has 118 valence electrons. The lowest BCUT2D eigenvalue weighted by Gasteiger charge is -2.33. The molecule has 0 radical (unpaired) electrons. The third-order valence-electron chi connectivity index (χ3n) is 4.13. The van der Waals surface area contributed by atoms with E-state index in [0.29, 0.717) is 19.0 Å². The second-order valence-electron chi connectivity index (χ2n) is 5.66. The first-order valence-corrected chi connectivity index (χ1v) is 10.3. The van der Waals surface area contributed by atoms with E-state index in [2.05, 4.69) is 17.0 Å². The predicted octanol–water partition coefficient (Wildman–Crippen LogP) is 1.04. The van der Waals surface area contributed by atoms with Gasteiger partial charge in [-0.3, -0.25) is 0 Å². The van der Waals surface area contributed by atoms with Gasteiger partial charge in [-0.1, -0.05) is 6.92 Å². The summed E-state index contributed by atoms with van der Waals surface area (Å²) in [6.45, 7) is 5.42. The molecule has 0 bridgehead atoms. The second kappa shape index (κ2) is 7.98.